The van der Waals surface area contributed by atoms with Gasteiger partial charge in [-0.1, -0.05) is 18.2 Å². The van der Waals surface area contributed by atoms with E-state index in [2.05, 4.69) is 10.3 Å². The molecule has 1 aliphatic heterocycles. The van der Waals surface area contributed by atoms with Crippen LogP contribution in [-0.4, -0.2) is 35.2 Å². The van der Waals surface area contributed by atoms with Gasteiger partial charge in [0.2, 0.25) is 0 Å². The Morgan fingerprint density at radius 3 is 2.30 bits per heavy atom. The second-order valence-electron chi connectivity index (χ2n) is 7.98. The van der Waals surface area contributed by atoms with Gasteiger partial charge in [-0.15, -0.1) is 0 Å². The highest BCUT2D eigenvalue weighted by atomic mass is 16.6. The van der Waals surface area contributed by atoms with Crippen LogP contribution in [0.4, 0.5) is 28.4 Å². The van der Waals surface area contributed by atoms with Crippen LogP contribution in [0.15, 0.2) is 47.5 Å². The summed E-state index contributed by atoms with van der Waals surface area (Å²) in [5, 5.41) is 25.9. The lowest BCUT2D eigenvalue weighted by Gasteiger charge is -2.25. The Labute approximate surface area is 174 Å². The van der Waals surface area contributed by atoms with Crippen molar-refractivity contribution in [3.8, 4) is 0 Å². The van der Waals surface area contributed by atoms with Gasteiger partial charge in [0.05, 0.1) is 21.6 Å². The van der Waals surface area contributed by atoms with Gasteiger partial charge < -0.3 is 10.2 Å². The summed E-state index contributed by atoms with van der Waals surface area (Å²) in [6.07, 6.45) is 4.21. The van der Waals surface area contributed by atoms with Crippen LogP contribution in [0.1, 0.15) is 25.8 Å². The van der Waals surface area contributed by atoms with Crippen LogP contribution < -0.4 is 10.2 Å². The highest BCUT2D eigenvalue weighted by molar-refractivity contribution is 6.03. The van der Waals surface area contributed by atoms with E-state index in [0.29, 0.717) is 12.1 Å². The zero-order valence-electron chi connectivity index (χ0n) is 17.2. The molecule has 156 valence electrons. The predicted octanol–water partition coefficient (Wildman–Crippen LogP) is 4.95. The molecule has 0 saturated carbocycles. The monoisotopic (exact) mass is 409 g/mol. The molecule has 0 unspecified atom stereocenters. The minimum absolute atomic E-state index is 0.0961. The third-order valence-corrected chi connectivity index (χ3v) is 4.71. The fourth-order valence-electron chi connectivity index (χ4n) is 3.28. The number of fused-ring (bicyclic) bond motifs is 1. The number of aliphatic imine (C=N–C) groups is 1. The van der Waals surface area contributed by atoms with E-state index in [0.717, 1.165) is 17.3 Å². The highest BCUT2D eigenvalue weighted by Crippen LogP contribution is 2.42. The standard InChI is InChI=1S/C21H23N5O4/c1-21(2)13-15(8-5-14-6-9-16(10-7-14)24(3)4)22-20-18(23-21)11-17(25(27)28)12-19(20)26(29)30/h5-12,23H,13H2,1-4H3. The number of nitro benzene ring substituents is 2. The van der Waals surface area contributed by atoms with E-state index >= 15 is 0 Å². The molecule has 0 radical (unpaired) electrons. The molecule has 0 amide bonds. The Morgan fingerprint density at radius 2 is 1.73 bits per heavy atom. The van der Waals surface area contributed by atoms with Gasteiger partial charge in [0.1, 0.15) is 0 Å². The first-order chi connectivity index (χ1) is 14.1. The van der Waals surface area contributed by atoms with Crippen LogP contribution in [0.25, 0.3) is 6.08 Å². The number of hydrogen-bond donors (Lipinski definition) is 1. The van der Waals surface area contributed by atoms with Crippen LogP contribution in [0.5, 0.6) is 0 Å². The van der Waals surface area contributed by atoms with E-state index in [1.165, 1.54) is 6.07 Å². The molecule has 0 spiro atoms. The fraction of sp³-hybridized carbons (Fsp3) is 0.286. The molecule has 0 atom stereocenters. The molecule has 1 N–H and O–H groups in total. The van der Waals surface area contributed by atoms with Crippen molar-refractivity contribution in [3.63, 3.8) is 0 Å². The maximum Gasteiger partial charge on any atom is 0.303 e. The van der Waals surface area contributed by atoms with E-state index in [-0.39, 0.29) is 17.1 Å². The SMILES string of the molecule is CN(C)c1ccc(C=CC2=Nc3c(cc([N+](=O)[O-])cc3[N+](=O)[O-])NC(C)(C)C2)cc1. The lowest BCUT2D eigenvalue weighted by molar-refractivity contribution is -0.393. The van der Waals surface area contributed by atoms with Crippen LogP contribution in [-0.2, 0) is 0 Å². The van der Waals surface area contributed by atoms with Crippen LogP contribution in [0.3, 0.4) is 0 Å². The summed E-state index contributed by atoms with van der Waals surface area (Å²) in [5.41, 5.74) is 1.81. The summed E-state index contributed by atoms with van der Waals surface area (Å²) in [4.78, 5) is 28.0. The normalized spacial score (nSPS) is 15.0. The average molecular weight is 409 g/mol. The zero-order valence-corrected chi connectivity index (χ0v) is 17.2. The number of non-ortho nitro benzene ring substituents is 1. The summed E-state index contributed by atoms with van der Waals surface area (Å²) in [5.74, 6) is 0. The Morgan fingerprint density at radius 1 is 1.07 bits per heavy atom. The molecule has 2 aromatic carbocycles. The van der Waals surface area contributed by atoms with Gasteiger partial charge in [-0.3, -0.25) is 20.2 Å². The molecule has 0 bridgehead atoms. The topological polar surface area (TPSA) is 114 Å². The summed E-state index contributed by atoms with van der Waals surface area (Å²) < 4.78 is 0. The molecule has 9 heteroatoms. The van der Waals surface area contributed by atoms with Crippen molar-refractivity contribution in [1.82, 2.24) is 0 Å². The van der Waals surface area contributed by atoms with Crippen LogP contribution in [0, 0.1) is 20.2 Å². The van der Waals surface area contributed by atoms with Crippen molar-refractivity contribution in [3.05, 3.63) is 68.3 Å². The van der Waals surface area contributed by atoms with Crippen LogP contribution in [0.2, 0.25) is 0 Å². The second-order valence-corrected chi connectivity index (χ2v) is 7.98. The van der Waals surface area contributed by atoms with Gasteiger partial charge in [0, 0.05) is 43.5 Å². The van der Waals surface area contributed by atoms with Crippen LogP contribution >= 0.6 is 0 Å². The summed E-state index contributed by atoms with van der Waals surface area (Å²) in [7, 11) is 3.93. The maximum absolute atomic E-state index is 11.6. The molecule has 1 aliphatic rings. The van der Waals surface area contributed by atoms with E-state index in [9.17, 15) is 20.2 Å². The fourth-order valence-corrected chi connectivity index (χ4v) is 3.28. The number of nitrogens with one attached hydrogen (secondary N) is 1. The molecule has 0 fully saturated rings. The Balaban J connectivity index is 2.05. The molecule has 9 nitrogen and oxygen atoms in total. The van der Waals surface area contributed by atoms with Crippen molar-refractivity contribution < 1.29 is 9.85 Å². The Hall–Kier alpha value is -3.75. The lowest BCUT2D eigenvalue weighted by Crippen LogP contribution is -2.32. The third kappa shape index (κ3) is 4.62. The highest BCUT2D eigenvalue weighted by Gasteiger charge is 2.31. The first-order valence-electron chi connectivity index (χ1n) is 9.34. The van der Waals surface area contributed by atoms with Crippen molar-refractivity contribution in [2.45, 2.75) is 25.8 Å². The van der Waals surface area contributed by atoms with Crippen molar-refractivity contribution in [2.75, 3.05) is 24.3 Å². The molecule has 0 saturated heterocycles. The molecule has 2 aromatic rings. The number of anilines is 2. The number of nitrogens with zero attached hydrogens (tertiary/aromatic N) is 4. The summed E-state index contributed by atoms with van der Waals surface area (Å²) in [6.45, 7) is 3.84. The van der Waals surface area contributed by atoms with E-state index in [1.807, 2.05) is 69.3 Å². The zero-order chi connectivity index (χ0) is 22.1. The first-order valence-corrected chi connectivity index (χ1v) is 9.34. The van der Waals surface area contributed by atoms with Gasteiger partial charge in [-0.05, 0) is 37.6 Å². The Kier molecular flexibility index (Phi) is 5.55. The van der Waals surface area contributed by atoms with Gasteiger partial charge >= 0.3 is 5.69 Å². The van der Waals surface area contributed by atoms with Crippen molar-refractivity contribution in [2.24, 2.45) is 4.99 Å². The predicted molar refractivity (Wildman–Crippen MR) is 119 cm³/mol. The quantitative estimate of drug-likeness (QED) is 0.552. The maximum atomic E-state index is 11.6. The van der Waals surface area contributed by atoms with Gasteiger partial charge in [0.25, 0.3) is 5.69 Å². The van der Waals surface area contributed by atoms with Gasteiger partial charge in [-0.25, -0.2) is 4.99 Å². The first kappa shape index (κ1) is 21.0. The summed E-state index contributed by atoms with van der Waals surface area (Å²) >= 11 is 0. The number of benzene rings is 2. The molecular weight excluding hydrogens is 386 g/mol. The molecule has 3 rings (SSSR count). The number of rotatable bonds is 5. The van der Waals surface area contributed by atoms with E-state index in [4.69, 9.17) is 0 Å². The molecular formula is C21H23N5O4. The smallest absolute Gasteiger partial charge is 0.303 e. The molecule has 30 heavy (non-hydrogen) atoms. The van der Waals surface area contributed by atoms with E-state index in [1.54, 1.807) is 0 Å². The lowest BCUT2D eigenvalue weighted by atomic mass is 9.96. The van der Waals surface area contributed by atoms with Crippen molar-refractivity contribution >= 4 is 40.2 Å². The van der Waals surface area contributed by atoms with Gasteiger partial charge in [0.15, 0.2) is 5.69 Å². The molecule has 1 heterocycles. The minimum Gasteiger partial charge on any atom is -0.378 e. The summed E-state index contributed by atoms with van der Waals surface area (Å²) in [6, 6.07) is 10.2. The van der Waals surface area contributed by atoms with Crippen molar-refractivity contribution in [1.29, 1.82) is 0 Å². The minimum atomic E-state index is -0.644. The average Bonchev–Trinajstić information content (AvgIpc) is 2.79. The third-order valence-electron chi connectivity index (χ3n) is 4.71. The molecule has 0 aromatic heterocycles. The van der Waals surface area contributed by atoms with Gasteiger partial charge in [-0.2, -0.15) is 0 Å². The second kappa shape index (κ2) is 7.94. The largest absolute Gasteiger partial charge is 0.378 e. The van der Waals surface area contributed by atoms with E-state index < -0.39 is 21.1 Å². The molecule has 0 aliphatic carbocycles. The number of nitro groups is 2. The number of hydrogen-bond acceptors (Lipinski definition) is 7. The number of allylic oxidation sites excluding steroid dienone is 1. The Bertz CT molecular complexity index is 1060.